The highest BCUT2D eigenvalue weighted by atomic mass is 32.2. The number of imidazole rings is 1. The number of fused-ring (bicyclic) bond motifs is 3. The van der Waals surface area contributed by atoms with Gasteiger partial charge in [0.1, 0.15) is 11.3 Å². The van der Waals surface area contributed by atoms with Crippen LogP contribution in [0.2, 0.25) is 0 Å². The molecule has 1 fully saturated rings. The monoisotopic (exact) mass is 447 g/mol. The van der Waals surface area contributed by atoms with E-state index in [2.05, 4.69) is 21.7 Å². The molecular formula is C26H29N3O2S. The van der Waals surface area contributed by atoms with Crippen molar-refractivity contribution in [3.8, 4) is 0 Å². The molecule has 1 saturated carbocycles. The predicted molar refractivity (Wildman–Crippen MR) is 128 cm³/mol. The first kappa shape index (κ1) is 21.1. The molecule has 4 aromatic rings. The van der Waals surface area contributed by atoms with E-state index < -0.39 is 9.84 Å². The second-order valence-electron chi connectivity index (χ2n) is 8.86. The van der Waals surface area contributed by atoms with Crippen molar-refractivity contribution in [2.24, 2.45) is 5.92 Å². The number of pyridine rings is 1. The number of unbranched alkanes of at least 4 members (excludes halogenated alkanes) is 2. The normalized spacial score (nSPS) is 14.4. The Morgan fingerprint density at radius 2 is 1.69 bits per heavy atom. The van der Waals surface area contributed by atoms with E-state index in [1.165, 1.54) is 24.8 Å². The van der Waals surface area contributed by atoms with Gasteiger partial charge in [0.15, 0.2) is 9.84 Å². The maximum atomic E-state index is 12.5. The number of sulfone groups is 1. The Morgan fingerprint density at radius 1 is 0.906 bits per heavy atom. The summed E-state index contributed by atoms with van der Waals surface area (Å²) in [6.45, 7) is 0.857. The molecule has 5 rings (SSSR count). The summed E-state index contributed by atoms with van der Waals surface area (Å²) in [5.41, 5.74) is 3.11. The summed E-state index contributed by atoms with van der Waals surface area (Å²) in [5, 5.41) is 1.14. The zero-order chi connectivity index (χ0) is 22.0. The molecule has 2 aromatic heterocycles. The van der Waals surface area contributed by atoms with E-state index in [4.69, 9.17) is 4.98 Å². The lowest BCUT2D eigenvalue weighted by atomic mass is 10.2. The first-order chi connectivity index (χ1) is 15.6. The summed E-state index contributed by atoms with van der Waals surface area (Å²) in [7, 11) is -3.20. The van der Waals surface area contributed by atoms with Crippen molar-refractivity contribution in [3.05, 3.63) is 66.6 Å². The highest BCUT2D eigenvalue weighted by Gasteiger charge is 2.22. The van der Waals surface area contributed by atoms with E-state index in [1.807, 2.05) is 24.4 Å². The van der Waals surface area contributed by atoms with Gasteiger partial charge in [-0.05, 0) is 43.4 Å². The molecule has 0 spiro atoms. The number of aromatic nitrogens is 3. The van der Waals surface area contributed by atoms with E-state index >= 15 is 0 Å². The Balaban J connectivity index is 1.31. The van der Waals surface area contributed by atoms with E-state index in [0.717, 1.165) is 54.0 Å². The number of benzene rings is 2. The summed E-state index contributed by atoms with van der Waals surface area (Å²) in [4.78, 5) is 9.96. The second-order valence-corrected chi connectivity index (χ2v) is 11.0. The lowest BCUT2D eigenvalue weighted by molar-refractivity contribution is 0.567. The number of aryl methyl sites for hydroxylation is 2. The molecule has 32 heavy (non-hydrogen) atoms. The Bertz CT molecular complexity index is 1330. The molecule has 2 heterocycles. The first-order valence-electron chi connectivity index (χ1n) is 11.6. The fraction of sp³-hybridized carbons (Fsp3) is 0.385. The fourth-order valence-corrected chi connectivity index (χ4v) is 5.86. The molecule has 0 N–H and O–H groups in total. The smallest absolute Gasteiger partial charge is 0.178 e. The van der Waals surface area contributed by atoms with Crippen LogP contribution in [0.15, 0.2) is 65.7 Å². The van der Waals surface area contributed by atoms with Crippen LogP contribution in [0.25, 0.3) is 21.9 Å². The molecule has 0 bridgehead atoms. The highest BCUT2D eigenvalue weighted by molar-refractivity contribution is 7.91. The van der Waals surface area contributed by atoms with E-state index in [0.29, 0.717) is 11.3 Å². The van der Waals surface area contributed by atoms with E-state index in [-0.39, 0.29) is 5.75 Å². The number of rotatable bonds is 10. The van der Waals surface area contributed by atoms with Crippen molar-refractivity contribution in [2.45, 2.75) is 56.4 Å². The van der Waals surface area contributed by atoms with Gasteiger partial charge in [-0.1, -0.05) is 55.7 Å². The van der Waals surface area contributed by atoms with Gasteiger partial charge < -0.3 is 4.57 Å². The summed E-state index contributed by atoms with van der Waals surface area (Å²) < 4.78 is 27.4. The van der Waals surface area contributed by atoms with Crippen LogP contribution in [-0.4, -0.2) is 28.7 Å². The van der Waals surface area contributed by atoms with Gasteiger partial charge in [-0.25, -0.2) is 13.4 Å². The van der Waals surface area contributed by atoms with Gasteiger partial charge in [-0.15, -0.1) is 0 Å². The van der Waals surface area contributed by atoms with Crippen LogP contribution in [0.5, 0.6) is 0 Å². The number of para-hydroxylation sites is 1. The number of hydrogen-bond donors (Lipinski definition) is 0. The van der Waals surface area contributed by atoms with E-state index in [1.54, 1.807) is 24.3 Å². The third-order valence-electron chi connectivity index (χ3n) is 6.43. The lowest BCUT2D eigenvalue weighted by Crippen LogP contribution is -2.08. The zero-order valence-electron chi connectivity index (χ0n) is 18.3. The van der Waals surface area contributed by atoms with Crippen molar-refractivity contribution < 1.29 is 8.42 Å². The summed E-state index contributed by atoms with van der Waals surface area (Å²) in [6.07, 6.45) is 9.26. The maximum absolute atomic E-state index is 12.5. The molecule has 0 atom stereocenters. The predicted octanol–water partition coefficient (Wildman–Crippen LogP) is 5.57. The van der Waals surface area contributed by atoms with Crippen molar-refractivity contribution in [1.82, 2.24) is 14.5 Å². The minimum atomic E-state index is -3.20. The first-order valence-corrected chi connectivity index (χ1v) is 13.3. The molecule has 0 amide bonds. The molecule has 2 aromatic carbocycles. The third-order valence-corrected chi connectivity index (χ3v) is 8.25. The quantitative estimate of drug-likeness (QED) is 0.298. The highest BCUT2D eigenvalue weighted by Crippen LogP contribution is 2.34. The standard InChI is InChI=1S/C26H29N3O2S/c30-32(31,21-9-3-1-4-10-21)18-8-2-7-17-29-25(16-15-20-13-14-20)28-24-19-27-23-12-6-5-11-22(23)26(24)29/h1,3-6,9-12,19-20H,2,7-8,13-18H2. The lowest BCUT2D eigenvalue weighted by Gasteiger charge is -2.11. The average Bonchev–Trinajstić information content (AvgIpc) is 3.58. The minimum Gasteiger partial charge on any atom is -0.327 e. The van der Waals surface area contributed by atoms with Gasteiger partial charge >= 0.3 is 0 Å². The van der Waals surface area contributed by atoms with Crippen LogP contribution in [0.3, 0.4) is 0 Å². The van der Waals surface area contributed by atoms with Gasteiger partial charge in [0, 0.05) is 18.4 Å². The van der Waals surface area contributed by atoms with Crippen molar-refractivity contribution in [1.29, 1.82) is 0 Å². The van der Waals surface area contributed by atoms with Crippen LogP contribution in [0.4, 0.5) is 0 Å². The fourth-order valence-electron chi connectivity index (χ4n) is 4.47. The summed E-state index contributed by atoms with van der Waals surface area (Å²) >= 11 is 0. The Labute approximate surface area is 189 Å². The Kier molecular flexibility index (Phi) is 5.96. The molecule has 166 valence electrons. The molecule has 1 aliphatic rings. The topological polar surface area (TPSA) is 64.8 Å². The Morgan fingerprint density at radius 3 is 2.50 bits per heavy atom. The number of hydrogen-bond acceptors (Lipinski definition) is 4. The van der Waals surface area contributed by atoms with Crippen molar-refractivity contribution in [2.75, 3.05) is 5.75 Å². The van der Waals surface area contributed by atoms with Crippen molar-refractivity contribution in [3.63, 3.8) is 0 Å². The molecule has 0 unspecified atom stereocenters. The molecular weight excluding hydrogens is 418 g/mol. The molecule has 0 radical (unpaired) electrons. The second kappa shape index (κ2) is 9.02. The van der Waals surface area contributed by atoms with Crippen LogP contribution >= 0.6 is 0 Å². The minimum absolute atomic E-state index is 0.197. The van der Waals surface area contributed by atoms with Gasteiger partial charge in [0.25, 0.3) is 0 Å². The maximum Gasteiger partial charge on any atom is 0.178 e. The van der Waals surface area contributed by atoms with Gasteiger partial charge in [0.2, 0.25) is 0 Å². The van der Waals surface area contributed by atoms with Crippen LogP contribution in [-0.2, 0) is 22.8 Å². The Hall–Kier alpha value is -2.73. The van der Waals surface area contributed by atoms with Gasteiger partial charge in [0.05, 0.1) is 27.9 Å². The molecule has 1 aliphatic carbocycles. The molecule has 6 heteroatoms. The molecule has 0 aliphatic heterocycles. The molecule has 0 saturated heterocycles. The van der Waals surface area contributed by atoms with Crippen molar-refractivity contribution >= 4 is 31.8 Å². The summed E-state index contributed by atoms with van der Waals surface area (Å²) in [5.74, 6) is 2.20. The van der Waals surface area contributed by atoms with Gasteiger partial charge in [-0.3, -0.25) is 4.98 Å². The van der Waals surface area contributed by atoms with Crippen LogP contribution in [0.1, 0.15) is 44.3 Å². The summed E-state index contributed by atoms with van der Waals surface area (Å²) in [6, 6.07) is 17.0. The van der Waals surface area contributed by atoms with Crippen LogP contribution < -0.4 is 0 Å². The SMILES string of the molecule is O=S(=O)(CCCCCn1c(CCC2CC2)nc2cnc3ccccc3c21)c1ccccc1. The van der Waals surface area contributed by atoms with E-state index in [9.17, 15) is 8.42 Å². The van der Waals surface area contributed by atoms with Gasteiger partial charge in [-0.2, -0.15) is 0 Å². The number of nitrogens with zero attached hydrogens (tertiary/aromatic N) is 3. The third kappa shape index (κ3) is 4.56. The zero-order valence-corrected chi connectivity index (χ0v) is 19.1. The van der Waals surface area contributed by atoms with Crippen LogP contribution in [0, 0.1) is 5.92 Å². The molecule has 5 nitrogen and oxygen atoms in total. The largest absolute Gasteiger partial charge is 0.327 e. The average molecular weight is 448 g/mol.